The highest BCUT2D eigenvalue weighted by molar-refractivity contribution is 4.88. The fourth-order valence-corrected chi connectivity index (χ4v) is 2.43. The van der Waals surface area contributed by atoms with Crippen molar-refractivity contribution in [1.82, 2.24) is 4.90 Å². The van der Waals surface area contributed by atoms with E-state index < -0.39 is 0 Å². The molecule has 80 valence electrons. The first kappa shape index (κ1) is 11.6. The van der Waals surface area contributed by atoms with Crippen LogP contribution in [0.1, 0.15) is 46.0 Å². The number of rotatable bonds is 4. The zero-order valence-electron chi connectivity index (χ0n) is 9.68. The van der Waals surface area contributed by atoms with Crippen LogP contribution < -0.4 is 0 Å². The van der Waals surface area contributed by atoms with Gasteiger partial charge in [0.05, 0.1) is 0 Å². The van der Waals surface area contributed by atoms with Gasteiger partial charge < -0.3 is 4.90 Å². The largest absolute Gasteiger partial charge is 0.302 e. The van der Waals surface area contributed by atoms with Gasteiger partial charge in [-0.1, -0.05) is 26.7 Å². The number of nitrogens with zero attached hydrogens (tertiary/aromatic N) is 1. The molecule has 14 heavy (non-hydrogen) atoms. The molecule has 0 spiro atoms. The van der Waals surface area contributed by atoms with Crippen LogP contribution in [0, 0.1) is 17.8 Å². The molecular formula is C13H23N. The molecular weight excluding hydrogens is 170 g/mol. The third-order valence-electron chi connectivity index (χ3n) is 3.99. The lowest BCUT2D eigenvalue weighted by Gasteiger charge is -2.40. The summed E-state index contributed by atoms with van der Waals surface area (Å²) in [6, 6.07) is 0. The van der Waals surface area contributed by atoms with Gasteiger partial charge in [0, 0.05) is 13.0 Å². The molecule has 0 radical (unpaired) electrons. The molecule has 0 atom stereocenters. The number of hydrogen-bond acceptors (Lipinski definition) is 1. The van der Waals surface area contributed by atoms with Gasteiger partial charge in [0.15, 0.2) is 0 Å². The third-order valence-corrected chi connectivity index (χ3v) is 3.99. The van der Waals surface area contributed by atoms with E-state index in [9.17, 15) is 0 Å². The second kappa shape index (κ2) is 5.41. The minimum atomic E-state index is 0.645. The summed E-state index contributed by atoms with van der Waals surface area (Å²) in [6.45, 7) is 8.27. The van der Waals surface area contributed by atoms with E-state index in [4.69, 9.17) is 6.42 Å². The molecule has 1 nitrogen and oxygen atoms in total. The minimum Gasteiger partial charge on any atom is -0.302 e. The molecule has 0 saturated carbocycles. The van der Waals surface area contributed by atoms with Crippen molar-refractivity contribution in [2.24, 2.45) is 5.41 Å². The van der Waals surface area contributed by atoms with Gasteiger partial charge in [-0.15, -0.1) is 12.3 Å². The highest BCUT2D eigenvalue weighted by Crippen LogP contribution is 2.37. The Morgan fingerprint density at radius 3 is 2.21 bits per heavy atom. The zero-order valence-corrected chi connectivity index (χ0v) is 9.68. The van der Waals surface area contributed by atoms with Gasteiger partial charge in [-0.05, 0) is 31.3 Å². The maximum absolute atomic E-state index is 5.27. The van der Waals surface area contributed by atoms with E-state index in [0.29, 0.717) is 5.41 Å². The lowest BCUT2D eigenvalue weighted by Crippen LogP contribution is -2.39. The van der Waals surface area contributed by atoms with Crippen molar-refractivity contribution in [2.75, 3.05) is 19.6 Å². The van der Waals surface area contributed by atoms with Crippen LogP contribution in [0.4, 0.5) is 0 Å². The van der Waals surface area contributed by atoms with Gasteiger partial charge in [-0.3, -0.25) is 0 Å². The molecule has 1 saturated heterocycles. The Labute approximate surface area is 88.9 Å². The summed E-state index contributed by atoms with van der Waals surface area (Å²) in [7, 11) is 0. The lowest BCUT2D eigenvalue weighted by molar-refractivity contribution is 0.0971. The topological polar surface area (TPSA) is 3.24 Å². The first-order valence-corrected chi connectivity index (χ1v) is 5.92. The maximum atomic E-state index is 5.27. The normalized spacial score (nSPS) is 21.8. The predicted octanol–water partition coefficient (Wildman–Crippen LogP) is 2.91. The quantitative estimate of drug-likeness (QED) is 0.621. The Hall–Kier alpha value is -0.480. The highest BCUT2D eigenvalue weighted by atomic mass is 15.1. The van der Waals surface area contributed by atoms with Crippen molar-refractivity contribution in [3.63, 3.8) is 0 Å². The Balaban J connectivity index is 2.34. The molecule has 1 aliphatic heterocycles. The van der Waals surface area contributed by atoms with Gasteiger partial charge >= 0.3 is 0 Å². The first-order chi connectivity index (χ1) is 6.76. The molecule has 1 heteroatoms. The summed E-state index contributed by atoms with van der Waals surface area (Å²) in [4.78, 5) is 2.52. The van der Waals surface area contributed by atoms with Crippen molar-refractivity contribution in [3.8, 4) is 12.3 Å². The Morgan fingerprint density at radius 2 is 1.79 bits per heavy atom. The number of likely N-dealkylation sites (tertiary alicyclic amines) is 1. The Bertz CT molecular complexity index is 188. The van der Waals surface area contributed by atoms with Crippen molar-refractivity contribution in [3.05, 3.63) is 0 Å². The van der Waals surface area contributed by atoms with E-state index in [1.54, 1.807) is 0 Å². The molecule has 0 bridgehead atoms. The van der Waals surface area contributed by atoms with Gasteiger partial charge in [-0.2, -0.15) is 0 Å². The first-order valence-electron chi connectivity index (χ1n) is 5.92. The maximum Gasteiger partial charge on any atom is 0.0214 e. The molecule has 0 unspecified atom stereocenters. The molecule has 1 rings (SSSR count). The van der Waals surface area contributed by atoms with Crippen LogP contribution in [0.25, 0.3) is 0 Å². The van der Waals surface area contributed by atoms with E-state index in [0.717, 1.165) is 13.0 Å². The number of piperidine rings is 1. The van der Waals surface area contributed by atoms with E-state index >= 15 is 0 Å². The van der Waals surface area contributed by atoms with E-state index in [-0.39, 0.29) is 0 Å². The standard InChI is InChI=1S/C13H23N/c1-4-7-10-14-11-8-13(5-2,6-3)9-12-14/h1H,5-12H2,2-3H3. The van der Waals surface area contributed by atoms with Crippen molar-refractivity contribution < 1.29 is 0 Å². The lowest BCUT2D eigenvalue weighted by atomic mass is 9.74. The van der Waals surface area contributed by atoms with Crippen LogP contribution in [0.5, 0.6) is 0 Å². The SMILES string of the molecule is C#CCCN1CCC(CC)(CC)CC1. The fourth-order valence-electron chi connectivity index (χ4n) is 2.43. The number of hydrogen-bond donors (Lipinski definition) is 0. The van der Waals surface area contributed by atoms with Crippen molar-refractivity contribution in [1.29, 1.82) is 0 Å². The van der Waals surface area contributed by atoms with Crippen molar-refractivity contribution >= 4 is 0 Å². The molecule has 0 aliphatic carbocycles. The van der Waals surface area contributed by atoms with Gasteiger partial charge in [0.1, 0.15) is 0 Å². The summed E-state index contributed by atoms with van der Waals surface area (Å²) in [5.74, 6) is 2.72. The highest BCUT2D eigenvalue weighted by Gasteiger charge is 2.30. The zero-order chi connectivity index (χ0) is 10.4. The third kappa shape index (κ3) is 2.75. The molecule has 0 aromatic carbocycles. The fraction of sp³-hybridized carbons (Fsp3) is 0.846. The molecule has 1 heterocycles. The molecule has 1 fully saturated rings. The number of terminal acetylenes is 1. The predicted molar refractivity (Wildman–Crippen MR) is 62.1 cm³/mol. The summed E-state index contributed by atoms with van der Waals surface area (Å²) in [5.41, 5.74) is 0.645. The minimum absolute atomic E-state index is 0.645. The molecule has 0 aromatic heterocycles. The van der Waals surface area contributed by atoms with Crippen molar-refractivity contribution in [2.45, 2.75) is 46.0 Å². The smallest absolute Gasteiger partial charge is 0.0214 e. The summed E-state index contributed by atoms with van der Waals surface area (Å²) in [5, 5.41) is 0. The van der Waals surface area contributed by atoms with Crippen LogP contribution >= 0.6 is 0 Å². The van der Waals surface area contributed by atoms with Crippen LogP contribution in [0.2, 0.25) is 0 Å². The van der Waals surface area contributed by atoms with Crippen LogP contribution in [0.3, 0.4) is 0 Å². The average molecular weight is 193 g/mol. The van der Waals surface area contributed by atoms with Crippen LogP contribution in [0.15, 0.2) is 0 Å². The average Bonchev–Trinajstić information content (AvgIpc) is 2.27. The molecule has 0 amide bonds. The summed E-state index contributed by atoms with van der Waals surface area (Å²) < 4.78 is 0. The second-order valence-electron chi connectivity index (χ2n) is 4.50. The monoisotopic (exact) mass is 193 g/mol. The van der Waals surface area contributed by atoms with E-state index in [1.165, 1.54) is 38.8 Å². The van der Waals surface area contributed by atoms with Crippen LogP contribution in [-0.4, -0.2) is 24.5 Å². The molecule has 0 aromatic rings. The van der Waals surface area contributed by atoms with Gasteiger partial charge in [0.25, 0.3) is 0 Å². The Kier molecular flexibility index (Phi) is 4.48. The summed E-state index contributed by atoms with van der Waals surface area (Å²) in [6.07, 6.45) is 11.6. The molecule has 1 aliphatic rings. The second-order valence-corrected chi connectivity index (χ2v) is 4.50. The van der Waals surface area contributed by atoms with Crippen LogP contribution in [-0.2, 0) is 0 Å². The molecule has 0 N–H and O–H groups in total. The van der Waals surface area contributed by atoms with E-state index in [1.807, 2.05) is 0 Å². The summed E-state index contributed by atoms with van der Waals surface area (Å²) >= 11 is 0. The Morgan fingerprint density at radius 1 is 1.21 bits per heavy atom. The van der Waals surface area contributed by atoms with Gasteiger partial charge in [-0.25, -0.2) is 0 Å². The van der Waals surface area contributed by atoms with Gasteiger partial charge in [0.2, 0.25) is 0 Å². The van der Waals surface area contributed by atoms with E-state index in [2.05, 4.69) is 24.7 Å².